The number of thiazole rings is 1. The molecule has 2 aromatic rings. The number of halogens is 1. The molecule has 1 aromatic carbocycles. The van der Waals surface area contributed by atoms with Gasteiger partial charge in [-0.1, -0.05) is 17.7 Å². The van der Waals surface area contributed by atoms with Crippen molar-refractivity contribution >= 4 is 28.9 Å². The highest BCUT2D eigenvalue weighted by Crippen LogP contribution is 2.20. The molecular weight excluding hydrogens is 296 g/mol. The number of carboxylic acid groups (broad SMARTS) is 1. The minimum atomic E-state index is -1.00. The lowest BCUT2D eigenvalue weighted by molar-refractivity contribution is 0.0697. The van der Waals surface area contributed by atoms with E-state index < -0.39 is 5.97 Å². The first kappa shape index (κ1) is 15.0. The molecule has 1 aromatic heterocycles. The first-order valence-electron chi connectivity index (χ1n) is 6.06. The zero-order valence-corrected chi connectivity index (χ0v) is 12.8. The molecule has 0 bridgehead atoms. The Labute approximate surface area is 126 Å². The van der Waals surface area contributed by atoms with Gasteiger partial charge < -0.3 is 5.11 Å². The minimum Gasteiger partial charge on any atom is -0.478 e. The third-order valence-corrected chi connectivity index (χ3v) is 4.21. The summed E-state index contributed by atoms with van der Waals surface area (Å²) in [6.45, 7) is 3.52. The van der Waals surface area contributed by atoms with E-state index in [0.717, 1.165) is 17.8 Å². The van der Waals surface area contributed by atoms with Crippen LogP contribution in [-0.4, -0.2) is 28.0 Å². The summed E-state index contributed by atoms with van der Waals surface area (Å²) >= 11 is 7.61. The first-order chi connectivity index (χ1) is 9.47. The van der Waals surface area contributed by atoms with E-state index in [1.165, 1.54) is 4.88 Å². The smallest absolute Gasteiger partial charge is 0.337 e. The van der Waals surface area contributed by atoms with Crippen molar-refractivity contribution in [2.24, 2.45) is 0 Å². The van der Waals surface area contributed by atoms with Gasteiger partial charge in [-0.2, -0.15) is 0 Å². The monoisotopic (exact) mass is 310 g/mol. The van der Waals surface area contributed by atoms with Crippen molar-refractivity contribution in [3.05, 3.63) is 50.4 Å². The van der Waals surface area contributed by atoms with E-state index >= 15 is 0 Å². The molecule has 6 heteroatoms. The van der Waals surface area contributed by atoms with E-state index in [9.17, 15) is 4.79 Å². The Bertz CT molecular complexity index is 627. The second-order valence-electron chi connectivity index (χ2n) is 4.65. The van der Waals surface area contributed by atoms with Crippen molar-refractivity contribution in [2.45, 2.75) is 20.0 Å². The van der Waals surface area contributed by atoms with Gasteiger partial charge in [0, 0.05) is 18.0 Å². The number of hydrogen-bond donors (Lipinski definition) is 1. The topological polar surface area (TPSA) is 53.4 Å². The van der Waals surface area contributed by atoms with Crippen LogP contribution in [0.2, 0.25) is 5.02 Å². The summed E-state index contributed by atoms with van der Waals surface area (Å²) in [4.78, 5) is 18.5. The predicted molar refractivity (Wildman–Crippen MR) is 80.4 cm³/mol. The number of hydrogen-bond acceptors (Lipinski definition) is 4. The van der Waals surface area contributed by atoms with Gasteiger partial charge in [0.05, 0.1) is 21.8 Å². The van der Waals surface area contributed by atoms with Gasteiger partial charge in [-0.15, -0.1) is 11.3 Å². The summed E-state index contributed by atoms with van der Waals surface area (Å²) < 4.78 is 0. The summed E-state index contributed by atoms with van der Waals surface area (Å²) in [5, 5.41) is 9.22. The van der Waals surface area contributed by atoms with E-state index in [4.69, 9.17) is 16.7 Å². The lowest BCUT2D eigenvalue weighted by Crippen LogP contribution is -2.17. The van der Waals surface area contributed by atoms with Crippen LogP contribution in [0.25, 0.3) is 0 Å². The molecule has 0 spiro atoms. The molecule has 106 valence electrons. The molecule has 0 aliphatic rings. The molecule has 2 rings (SSSR count). The molecule has 0 saturated carbocycles. The van der Waals surface area contributed by atoms with Gasteiger partial charge in [-0.25, -0.2) is 9.78 Å². The van der Waals surface area contributed by atoms with Crippen molar-refractivity contribution in [1.29, 1.82) is 0 Å². The standard InChI is InChI=1S/C14H15ClN2O2S/c1-9-13(20-8-16-9)7-17(2)6-10-3-4-11(14(18)19)12(15)5-10/h3-5,8H,6-7H2,1-2H3,(H,18,19). The normalized spacial score (nSPS) is 11.0. The number of carbonyl (C=O) groups is 1. The Kier molecular flexibility index (Phi) is 4.75. The molecule has 0 unspecified atom stereocenters. The Morgan fingerprint density at radius 2 is 2.20 bits per heavy atom. The SMILES string of the molecule is Cc1ncsc1CN(C)Cc1ccc(C(=O)O)c(Cl)c1. The van der Waals surface area contributed by atoms with Crippen LogP contribution >= 0.6 is 22.9 Å². The average molecular weight is 311 g/mol. The van der Waals surface area contributed by atoms with Crippen LogP contribution in [0.5, 0.6) is 0 Å². The van der Waals surface area contributed by atoms with Crippen LogP contribution in [0.1, 0.15) is 26.5 Å². The van der Waals surface area contributed by atoms with E-state index in [0.29, 0.717) is 6.54 Å². The Balaban J connectivity index is 2.05. The van der Waals surface area contributed by atoms with Gasteiger partial charge in [-0.3, -0.25) is 4.90 Å². The molecule has 0 amide bonds. The van der Waals surface area contributed by atoms with Gasteiger partial charge in [-0.05, 0) is 31.7 Å². The van der Waals surface area contributed by atoms with Crippen molar-refractivity contribution in [3.8, 4) is 0 Å². The lowest BCUT2D eigenvalue weighted by atomic mass is 10.1. The summed E-state index contributed by atoms with van der Waals surface area (Å²) in [5.74, 6) is -1.00. The van der Waals surface area contributed by atoms with Crippen molar-refractivity contribution in [3.63, 3.8) is 0 Å². The number of aryl methyl sites for hydroxylation is 1. The van der Waals surface area contributed by atoms with E-state index in [-0.39, 0.29) is 10.6 Å². The number of aromatic nitrogens is 1. The maximum Gasteiger partial charge on any atom is 0.337 e. The molecule has 0 fully saturated rings. The number of nitrogens with zero attached hydrogens (tertiary/aromatic N) is 2. The van der Waals surface area contributed by atoms with E-state index in [1.54, 1.807) is 29.5 Å². The highest BCUT2D eigenvalue weighted by molar-refractivity contribution is 7.09. The number of benzene rings is 1. The lowest BCUT2D eigenvalue weighted by Gasteiger charge is -2.16. The van der Waals surface area contributed by atoms with Gasteiger partial charge in [0.2, 0.25) is 0 Å². The molecular formula is C14H15ClN2O2S. The van der Waals surface area contributed by atoms with Crippen LogP contribution in [0, 0.1) is 6.92 Å². The van der Waals surface area contributed by atoms with E-state index in [1.807, 2.05) is 19.5 Å². The van der Waals surface area contributed by atoms with Crippen molar-refractivity contribution in [1.82, 2.24) is 9.88 Å². The van der Waals surface area contributed by atoms with Gasteiger partial charge >= 0.3 is 5.97 Å². The Morgan fingerprint density at radius 1 is 1.45 bits per heavy atom. The quantitative estimate of drug-likeness (QED) is 0.919. The third kappa shape index (κ3) is 3.56. The summed E-state index contributed by atoms with van der Waals surface area (Å²) in [7, 11) is 2.01. The average Bonchev–Trinajstić information content (AvgIpc) is 2.74. The van der Waals surface area contributed by atoms with Crippen LogP contribution in [0.4, 0.5) is 0 Å². The highest BCUT2D eigenvalue weighted by Gasteiger charge is 2.11. The molecule has 4 nitrogen and oxygen atoms in total. The van der Waals surface area contributed by atoms with Crippen LogP contribution in [0.15, 0.2) is 23.7 Å². The van der Waals surface area contributed by atoms with Gasteiger partial charge in [0.25, 0.3) is 0 Å². The summed E-state index contributed by atoms with van der Waals surface area (Å²) in [6.07, 6.45) is 0. The van der Waals surface area contributed by atoms with Crippen LogP contribution in [-0.2, 0) is 13.1 Å². The maximum absolute atomic E-state index is 10.9. The molecule has 1 N–H and O–H groups in total. The van der Waals surface area contributed by atoms with Crippen molar-refractivity contribution in [2.75, 3.05) is 7.05 Å². The van der Waals surface area contributed by atoms with Gasteiger partial charge in [0.1, 0.15) is 0 Å². The molecule has 0 saturated heterocycles. The largest absolute Gasteiger partial charge is 0.478 e. The minimum absolute atomic E-state index is 0.136. The van der Waals surface area contributed by atoms with Crippen LogP contribution in [0.3, 0.4) is 0 Å². The first-order valence-corrected chi connectivity index (χ1v) is 7.32. The fourth-order valence-electron chi connectivity index (χ4n) is 1.92. The summed E-state index contributed by atoms with van der Waals surface area (Å²) in [6, 6.07) is 5.05. The second kappa shape index (κ2) is 6.35. The molecule has 0 radical (unpaired) electrons. The summed E-state index contributed by atoms with van der Waals surface area (Å²) in [5.41, 5.74) is 4.03. The molecule has 0 aliphatic carbocycles. The molecule has 0 atom stereocenters. The molecule has 1 heterocycles. The number of rotatable bonds is 5. The zero-order valence-electron chi connectivity index (χ0n) is 11.3. The van der Waals surface area contributed by atoms with Crippen molar-refractivity contribution < 1.29 is 9.90 Å². The second-order valence-corrected chi connectivity index (χ2v) is 6.00. The van der Waals surface area contributed by atoms with Crippen LogP contribution < -0.4 is 0 Å². The zero-order chi connectivity index (χ0) is 14.7. The highest BCUT2D eigenvalue weighted by atomic mass is 35.5. The maximum atomic E-state index is 10.9. The number of aromatic carboxylic acids is 1. The molecule has 0 aliphatic heterocycles. The predicted octanol–water partition coefficient (Wildman–Crippen LogP) is 3.44. The Morgan fingerprint density at radius 3 is 2.75 bits per heavy atom. The fraction of sp³-hybridized carbons (Fsp3) is 0.286. The fourth-order valence-corrected chi connectivity index (χ4v) is 3.06. The van der Waals surface area contributed by atoms with Gasteiger partial charge in [0.15, 0.2) is 0 Å². The third-order valence-electron chi connectivity index (χ3n) is 2.97. The Hall–Kier alpha value is -1.43. The number of carboxylic acids is 1. The molecule has 20 heavy (non-hydrogen) atoms. The van der Waals surface area contributed by atoms with E-state index in [2.05, 4.69) is 9.88 Å².